The summed E-state index contributed by atoms with van der Waals surface area (Å²) < 4.78 is 6.84. The number of halogens is 1. The third-order valence-electron chi connectivity index (χ3n) is 4.01. The molecule has 0 amide bonds. The van der Waals surface area contributed by atoms with E-state index in [0.717, 1.165) is 29.4 Å². The number of nitrogens with zero attached hydrogens (tertiary/aromatic N) is 1. The standard InChI is InChI=1S/C16H22BrNO2/c1-3-20-16(8-4-5-12(2)10-16)15(19)9-14-7-6-13(17)11-18-14/h6-7,11-12H,3-5,8-10H2,1-2H3. The minimum absolute atomic E-state index is 0.181. The van der Waals surface area contributed by atoms with Gasteiger partial charge in [0.05, 0.1) is 6.42 Å². The van der Waals surface area contributed by atoms with E-state index in [9.17, 15) is 4.79 Å². The second-order valence-corrected chi connectivity index (χ2v) is 6.61. The van der Waals surface area contributed by atoms with Crippen LogP contribution in [0.2, 0.25) is 0 Å². The Morgan fingerprint density at radius 2 is 2.35 bits per heavy atom. The number of carbonyl (C=O) groups excluding carboxylic acids is 1. The molecule has 110 valence electrons. The van der Waals surface area contributed by atoms with Crippen LogP contribution >= 0.6 is 15.9 Å². The lowest BCUT2D eigenvalue weighted by atomic mass is 9.75. The van der Waals surface area contributed by atoms with Crippen LogP contribution < -0.4 is 0 Å². The molecule has 3 nitrogen and oxygen atoms in total. The summed E-state index contributed by atoms with van der Waals surface area (Å²) in [7, 11) is 0. The highest BCUT2D eigenvalue weighted by Gasteiger charge is 2.41. The van der Waals surface area contributed by atoms with Gasteiger partial charge in [-0.05, 0) is 60.2 Å². The van der Waals surface area contributed by atoms with Crippen molar-refractivity contribution in [2.45, 2.75) is 51.6 Å². The quantitative estimate of drug-likeness (QED) is 0.815. The number of Topliss-reactive ketones (excluding diaryl/α,β-unsaturated/α-hetero) is 1. The molecule has 0 N–H and O–H groups in total. The number of hydrogen-bond acceptors (Lipinski definition) is 3. The summed E-state index contributed by atoms with van der Waals surface area (Å²) in [6.45, 7) is 4.76. The van der Waals surface area contributed by atoms with Crippen molar-refractivity contribution in [2.24, 2.45) is 5.92 Å². The van der Waals surface area contributed by atoms with Crippen LogP contribution in [-0.2, 0) is 16.0 Å². The number of aromatic nitrogens is 1. The van der Waals surface area contributed by atoms with Gasteiger partial charge in [-0.15, -0.1) is 0 Å². The Labute approximate surface area is 129 Å². The topological polar surface area (TPSA) is 39.2 Å². The van der Waals surface area contributed by atoms with Crippen LogP contribution in [0.3, 0.4) is 0 Å². The second kappa shape index (κ2) is 6.81. The number of ether oxygens (including phenoxy) is 1. The number of ketones is 1. The van der Waals surface area contributed by atoms with Gasteiger partial charge in [-0.3, -0.25) is 9.78 Å². The first kappa shape index (κ1) is 15.6. The molecule has 1 aliphatic carbocycles. The van der Waals surface area contributed by atoms with Crippen LogP contribution in [-0.4, -0.2) is 23.0 Å². The van der Waals surface area contributed by atoms with Gasteiger partial charge < -0.3 is 4.74 Å². The molecule has 0 aliphatic heterocycles. The van der Waals surface area contributed by atoms with E-state index in [4.69, 9.17) is 4.74 Å². The van der Waals surface area contributed by atoms with Crippen molar-refractivity contribution in [1.29, 1.82) is 0 Å². The zero-order valence-corrected chi connectivity index (χ0v) is 13.8. The summed E-state index contributed by atoms with van der Waals surface area (Å²) in [5.41, 5.74) is 0.233. The lowest BCUT2D eigenvalue weighted by Crippen LogP contribution is -2.46. The SMILES string of the molecule is CCOC1(C(=O)Cc2ccc(Br)cn2)CCCC(C)C1. The van der Waals surface area contributed by atoms with E-state index in [0.29, 0.717) is 18.9 Å². The van der Waals surface area contributed by atoms with E-state index in [2.05, 4.69) is 27.8 Å². The average Bonchev–Trinajstić information content (AvgIpc) is 2.41. The lowest BCUT2D eigenvalue weighted by molar-refractivity contribution is -0.150. The van der Waals surface area contributed by atoms with E-state index < -0.39 is 5.60 Å². The predicted molar refractivity (Wildman–Crippen MR) is 82.6 cm³/mol. The molecule has 2 atom stereocenters. The van der Waals surface area contributed by atoms with Gasteiger partial charge in [-0.1, -0.05) is 13.3 Å². The first-order valence-corrected chi connectivity index (χ1v) is 8.13. The van der Waals surface area contributed by atoms with Crippen LogP contribution in [0.15, 0.2) is 22.8 Å². The summed E-state index contributed by atoms with van der Waals surface area (Å²) in [6, 6.07) is 3.82. The van der Waals surface area contributed by atoms with Gasteiger partial charge in [0.1, 0.15) is 5.60 Å². The van der Waals surface area contributed by atoms with E-state index in [1.807, 2.05) is 19.1 Å². The molecule has 20 heavy (non-hydrogen) atoms. The molecule has 0 aromatic carbocycles. The van der Waals surface area contributed by atoms with Gasteiger partial charge in [0.15, 0.2) is 5.78 Å². The fourth-order valence-corrected chi connectivity index (χ4v) is 3.32. The molecule has 0 saturated heterocycles. The Bertz CT molecular complexity index is 456. The summed E-state index contributed by atoms with van der Waals surface area (Å²) >= 11 is 3.36. The number of hydrogen-bond donors (Lipinski definition) is 0. The highest BCUT2D eigenvalue weighted by atomic mass is 79.9. The van der Waals surface area contributed by atoms with Crippen molar-refractivity contribution in [1.82, 2.24) is 4.98 Å². The fourth-order valence-electron chi connectivity index (χ4n) is 3.08. The van der Waals surface area contributed by atoms with Gasteiger partial charge in [-0.25, -0.2) is 0 Å². The molecule has 1 aromatic rings. The molecule has 1 heterocycles. The maximum Gasteiger partial charge on any atom is 0.170 e. The Kier molecular flexibility index (Phi) is 5.33. The predicted octanol–water partition coefficient (Wildman–Crippen LogP) is 3.94. The Hall–Kier alpha value is -0.740. The average molecular weight is 340 g/mol. The zero-order chi connectivity index (χ0) is 14.6. The maximum absolute atomic E-state index is 12.7. The van der Waals surface area contributed by atoms with Crippen LogP contribution in [0.25, 0.3) is 0 Å². The van der Waals surface area contributed by atoms with E-state index in [1.165, 1.54) is 6.42 Å². The van der Waals surface area contributed by atoms with E-state index in [1.54, 1.807) is 6.20 Å². The second-order valence-electron chi connectivity index (χ2n) is 5.70. The first-order valence-electron chi connectivity index (χ1n) is 7.33. The number of carbonyl (C=O) groups is 1. The summed E-state index contributed by atoms with van der Waals surface area (Å²) in [5, 5.41) is 0. The minimum Gasteiger partial charge on any atom is -0.367 e. The smallest absolute Gasteiger partial charge is 0.170 e. The normalized spacial score (nSPS) is 26.4. The van der Waals surface area contributed by atoms with Crippen LogP contribution in [0.1, 0.15) is 45.2 Å². The molecule has 1 fully saturated rings. The summed E-state index contributed by atoms with van der Waals surface area (Å²) in [6.07, 6.45) is 6.05. The molecular formula is C16H22BrNO2. The highest BCUT2D eigenvalue weighted by molar-refractivity contribution is 9.10. The molecular weight excluding hydrogens is 318 g/mol. The molecule has 1 aliphatic rings. The van der Waals surface area contributed by atoms with Crippen LogP contribution in [0, 0.1) is 5.92 Å². The van der Waals surface area contributed by atoms with Gasteiger partial charge >= 0.3 is 0 Å². The minimum atomic E-state index is -0.582. The monoisotopic (exact) mass is 339 g/mol. The van der Waals surface area contributed by atoms with Gasteiger partial charge in [0.2, 0.25) is 0 Å². The first-order chi connectivity index (χ1) is 9.55. The van der Waals surface area contributed by atoms with E-state index >= 15 is 0 Å². The van der Waals surface area contributed by atoms with Gasteiger partial charge in [-0.2, -0.15) is 0 Å². The largest absolute Gasteiger partial charge is 0.367 e. The third-order valence-corrected chi connectivity index (χ3v) is 4.48. The van der Waals surface area contributed by atoms with Crippen molar-refractivity contribution in [3.63, 3.8) is 0 Å². The molecule has 0 spiro atoms. The zero-order valence-electron chi connectivity index (χ0n) is 12.2. The highest BCUT2D eigenvalue weighted by Crippen LogP contribution is 2.36. The molecule has 1 saturated carbocycles. The summed E-state index contributed by atoms with van der Waals surface area (Å²) in [4.78, 5) is 17.0. The van der Waals surface area contributed by atoms with Crippen LogP contribution in [0.5, 0.6) is 0 Å². The molecule has 2 rings (SSSR count). The van der Waals surface area contributed by atoms with Crippen molar-refractivity contribution in [3.8, 4) is 0 Å². The molecule has 4 heteroatoms. The van der Waals surface area contributed by atoms with Crippen molar-refractivity contribution >= 4 is 21.7 Å². The Morgan fingerprint density at radius 3 is 2.95 bits per heavy atom. The maximum atomic E-state index is 12.7. The van der Waals surface area contributed by atoms with Crippen molar-refractivity contribution in [3.05, 3.63) is 28.5 Å². The molecule has 0 bridgehead atoms. The summed E-state index contributed by atoms with van der Waals surface area (Å²) in [5.74, 6) is 0.734. The van der Waals surface area contributed by atoms with Gasteiger partial charge in [0.25, 0.3) is 0 Å². The van der Waals surface area contributed by atoms with Gasteiger partial charge in [0, 0.05) is 23.0 Å². The molecule has 2 unspecified atom stereocenters. The van der Waals surface area contributed by atoms with Crippen LogP contribution in [0.4, 0.5) is 0 Å². The Morgan fingerprint density at radius 1 is 1.55 bits per heavy atom. The Balaban J connectivity index is 2.12. The van der Waals surface area contributed by atoms with Crippen molar-refractivity contribution in [2.75, 3.05) is 6.61 Å². The number of pyridine rings is 1. The van der Waals surface area contributed by atoms with Crippen molar-refractivity contribution < 1.29 is 9.53 Å². The lowest BCUT2D eigenvalue weighted by Gasteiger charge is -2.38. The fraction of sp³-hybridized carbons (Fsp3) is 0.625. The number of rotatable bonds is 5. The van der Waals surface area contributed by atoms with E-state index in [-0.39, 0.29) is 5.78 Å². The third kappa shape index (κ3) is 3.67. The molecule has 0 radical (unpaired) electrons. The molecule has 1 aromatic heterocycles.